The maximum atomic E-state index is 12.8. The van der Waals surface area contributed by atoms with Crippen molar-refractivity contribution in [2.45, 2.75) is 43.9 Å². The molecular weight excluding hydrogens is 310 g/mol. The van der Waals surface area contributed by atoms with E-state index in [-0.39, 0.29) is 16.8 Å². The molecule has 0 unspecified atom stereocenters. The fourth-order valence-electron chi connectivity index (χ4n) is 3.52. The molecule has 1 spiro atoms. The Morgan fingerprint density at radius 2 is 2.04 bits per heavy atom. The van der Waals surface area contributed by atoms with Gasteiger partial charge in [-0.3, -0.25) is 0 Å². The van der Waals surface area contributed by atoms with Crippen molar-refractivity contribution in [1.82, 2.24) is 15.1 Å². The van der Waals surface area contributed by atoms with Gasteiger partial charge >= 0.3 is 6.03 Å². The summed E-state index contributed by atoms with van der Waals surface area (Å²) in [6.07, 6.45) is 3.15. The van der Waals surface area contributed by atoms with Gasteiger partial charge < -0.3 is 19.9 Å². The summed E-state index contributed by atoms with van der Waals surface area (Å²) in [5, 5.41) is 3.28. The number of likely N-dealkylation sites (N-methyl/N-ethyl adjacent to an activating group) is 1. The quantitative estimate of drug-likeness (QED) is 0.832. The second-order valence-corrected chi connectivity index (χ2v) is 9.17. The van der Waals surface area contributed by atoms with E-state index in [1.165, 1.54) is 0 Å². The van der Waals surface area contributed by atoms with Crippen molar-refractivity contribution in [3.05, 3.63) is 0 Å². The van der Waals surface area contributed by atoms with Crippen LogP contribution in [0.4, 0.5) is 4.79 Å². The van der Waals surface area contributed by atoms with Crippen LogP contribution in [0.5, 0.6) is 0 Å². The van der Waals surface area contributed by atoms with Crippen LogP contribution in [0.15, 0.2) is 0 Å². The molecule has 2 aliphatic rings. The van der Waals surface area contributed by atoms with Crippen LogP contribution in [-0.4, -0.2) is 79.3 Å². The van der Waals surface area contributed by atoms with Crippen molar-refractivity contribution in [1.29, 1.82) is 0 Å². The van der Waals surface area contributed by atoms with E-state index in [1.807, 2.05) is 16.7 Å². The third-order valence-corrected chi connectivity index (χ3v) is 6.15. The van der Waals surface area contributed by atoms with Gasteiger partial charge in [-0.15, -0.1) is 0 Å². The first kappa shape index (κ1) is 18.9. The molecule has 2 rings (SSSR count). The molecule has 2 amide bonds. The Morgan fingerprint density at radius 1 is 1.35 bits per heavy atom. The molecule has 1 atom stereocenters. The third-order valence-electron chi connectivity index (χ3n) is 4.61. The van der Waals surface area contributed by atoms with E-state index in [4.69, 9.17) is 4.74 Å². The van der Waals surface area contributed by atoms with Gasteiger partial charge in [-0.25, -0.2) is 4.79 Å². The topological polar surface area (TPSA) is 44.8 Å². The fourth-order valence-corrected chi connectivity index (χ4v) is 4.97. The number of carbonyl (C=O) groups excluding carboxylic acids is 1. The van der Waals surface area contributed by atoms with Crippen LogP contribution < -0.4 is 5.32 Å². The zero-order valence-electron chi connectivity index (χ0n) is 15.1. The highest BCUT2D eigenvalue weighted by Crippen LogP contribution is 2.39. The molecule has 2 heterocycles. The molecule has 6 heteroatoms. The highest BCUT2D eigenvalue weighted by atomic mass is 32.2. The van der Waals surface area contributed by atoms with Gasteiger partial charge in [0.15, 0.2) is 0 Å². The number of rotatable bonds is 5. The molecule has 0 aromatic heterocycles. The maximum absolute atomic E-state index is 12.8. The second-order valence-electron chi connectivity index (χ2n) is 7.60. The Labute approximate surface area is 145 Å². The van der Waals surface area contributed by atoms with Gasteiger partial charge in [0.25, 0.3) is 0 Å². The second kappa shape index (κ2) is 8.58. The van der Waals surface area contributed by atoms with Gasteiger partial charge in [0.2, 0.25) is 0 Å². The predicted molar refractivity (Wildman–Crippen MR) is 97.1 cm³/mol. The van der Waals surface area contributed by atoms with Crippen molar-refractivity contribution >= 4 is 17.8 Å². The summed E-state index contributed by atoms with van der Waals surface area (Å²) in [7, 11) is 4.13. The number of thioether (sulfide) groups is 1. The molecule has 2 saturated heterocycles. The lowest BCUT2D eigenvalue weighted by Gasteiger charge is -2.44. The molecule has 0 saturated carbocycles. The summed E-state index contributed by atoms with van der Waals surface area (Å²) in [5.74, 6) is 1.62. The van der Waals surface area contributed by atoms with Gasteiger partial charge in [0.05, 0.1) is 0 Å². The molecule has 2 aliphatic heterocycles. The normalized spacial score (nSPS) is 22.6. The highest BCUT2D eigenvalue weighted by molar-refractivity contribution is 8.00. The van der Waals surface area contributed by atoms with E-state index in [2.05, 4.69) is 38.2 Å². The van der Waals surface area contributed by atoms with E-state index >= 15 is 0 Å². The molecule has 1 N–H and O–H groups in total. The Hall–Kier alpha value is -0.460. The SMILES string of the molecule is CC(C)C[C@H](CN(C)C)NC(=O)N1CCSC2(CCOCC2)C1. The summed E-state index contributed by atoms with van der Waals surface area (Å²) >= 11 is 2.04. The standard InChI is InChI=1S/C17H33N3O2S/c1-14(2)11-15(12-19(3)4)18-16(21)20-7-10-23-17(13-20)5-8-22-9-6-17/h14-15H,5-13H2,1-4H3,(H,18,21)/t15-/m1/s1. The minimum atomic E-state index is 0.115. The van der Waals surface area contributed by atoms with Crippen molar-refractivity contribution < 1.29 is 9.53 Å². The number of nitrogens with zero attached hydrogens (tertiary/aromatic N) is 2. The number of carbonyl (C=O) groups is 1. The molecule has 0 radical (unpaired) electrons. The third kappa shape index (κ3) is 5.84. The Bertz CT molecular complexity index is 369. The minimum absolute atomic E-state index is 0.115. The molecule has 0 bridgehead atoms. The predicted octanol–water partition coefficient (Wildman–Crippen LogP) is 2.27. The smallest absolute Gasteiger partial charge is 0.317 e. The molecule has 5 nitrogen and oxygen atoms in total. The van der Waals surface area contributed by atoms with E-state index in [0.717, 1.165) is 57.9 Å². The Morgan fingerprint density at radius 3 is 2.65 bits per heavy atom. The van der Waals surface area contributed by atoms with Crippen molar-refractivity contribution in [3.63, 3.8) is 0 Å². The van der Waals surface area contributed by atoms with Crippen LogP contribution in [0.1, 0.15) is 33.1 Å². The number of ether oxygens (including phenoxy) is 1. The van der Waals surface area contributed by atoms with E-state index in [9.17, 15) is 4.79 Å². The number of hydrogen-bond acceptors (Lipinski definition) is 4. The van der Waals surface area contributed by atoms with Crippen molar-refractivity contribution in [2.24, 2.45) is 5.92 Å². The van der Waals surface area contributed by atoms with E-state index < -0.39 is 0 Å². The average molecular weight is 344 g/mol. The maximum Gasteiger partial charge on any atom is 0.317 e. The summed E-state index contributed by atoms with van der Waals surface area (Å²) < 4.78 is 5.73. The summed E-state index contributed by atoms with van der Waals surface area (Å²) in [5.41, 5.74) is 0. The number of amides is 2. The zero-order chi connectivity index (χ0) is 16.9. The van der Waals surface area contributed by atoms with Gasteiger partial charge in [0, 0.05) is 49.4 Å². The molecule has 23 heavy (non-hydrogen) atoms. The number of urea groups is 1. The lowest BCUT2D eigenvalue weighted by molar-refractivity contribution is 0.0666. The highest BCUT2D eigenvalue weighted by Gasteiger charge is 2.39. The molecule has 0 aromatic rings. The largest absolute Gasteiger partial charge is 0.381 e. The first-order chi connectivity index (χ1) is 10.9. The molecule has 0 aromatic carbocycles. The van der Waals surface area contributed by atoms with Crippen LogP contribution in [0, 0.1) is 5.92 Å². The van der Waals surface area contributed by atoms with Gasteiger partial charge in [-0.05, 0) is 39.3 Å². The van der Waals surface area contributed by atoms with Gasteiger partial charge in [-0.1, -0.05) is 13.8 Å². The number of hydrogen-bond donors (Lipinski definition) is 1. The van der Waals surface area contributed by atoms with Crippen molar-refractivity contribution in [3.8, 4) is 0 Å². The van der Waals surface area contributed by atoms with Gasteiger partial charge in [-0.2, -0.15) is 11.8 Å². The molecule has 2 fully saturated rings. The molecule has 0 aliphatic carbocycles. The Kier molecular flexibility index (Phi) is 7.04. The first-order valence-electron chi connectivity index (χ1n) is 8.82. The average Bonchev–Trinajstić information content (AvgIpc) is 2.46. The van der Waals surface area contributed by atoms with Crippen molar-refractivity contribution in [2.75, 3.05) is 52.7 Å². The van der Waals surface area contributed by atoms with Crippen LogP contribution in [0.3, 0.4) is 0 Å². The van der Waals surface area contributed by atoms with Crippen LogP contribution in [0.25, 0.3) is 0 Å². The van der Waals surface area contributed by atoms with Crippen LogP contribution >= 0.6 is 11.8 Å². The summed E-state index contributed by atoms with van der Waals surface area (Å²) in [6.45, 7) is 8.70. The minimum Gasteiger partial charge on any atom is -0.381 e. The first-order valence-corrected chi connectivity index (χ1v) is 9.81. The lowest BCUT2D eigenvalue weighted by Crippen LogP contribution is -2.56. The Balaban J connectivity index is 1.92. The molecule has 134 valence electrons. The zero-order valence-corrected chi connectivity index (χ0v) is 16.0. The monoisotopic (exact) mass is 343 g/mol. The lowest BCUT2D eigenvalue weighted by atomic mass is 9.98. The fraction of sp³-hybridized carbons (Fsp3) is 0.941. The van der Waals surface area contributed by atoms with Crippen LogP contribution in [0.2, 0.25) is 0 Å². The van der Waals surface area contributed by atoms with Gasteiger partial charge in [0.1, 0.15) is 0 Å². The molecular formula is C17H33N3O2S. The summed E-state index contributed by atoms with van der Waals surface area (Å²) in [6, 6.07) is 0.335. The summed E-state index contributed by atoms with van der Waals surface area (Å²) in [4.78, 5) is 16.9. The van der Waals surface area contributed by atoms with E-state index in [0.29, 0.717) is 5.92 Å². The van der Waals surface area contributed by atoms with Crippen LogP contribution in [-0.2, 0) is 4.74 Å². The number of nitrogens with one attached hydrogen (secondary N) is 1. The van der Waals surface area contributed by atoms with E-state index in [1.54, 1.807) is 0 Å².